The first kappa shape index (κ1) is 14.0. The number of hydrogen-bond donors (Lipinski definition) is 2. The zero-order valence-corrected chi connectivity index (χ0v) is 10.8. The van der Waals surface area contributed by atoms with Crippen molar-refractivity contribution in [2.75, 3.05) is 18.2 Å². The van der Waals surface area contributed by atoms with E-state index in [1.54, 1.807) is 38.1 Å². The second kappa shape index (κ2) is 5.53. The van der Waals surface area contributed by atoms with Gasteiger partial charge in [0.1, 0.15) is 0 Å². The lowest BCUT2D eigenvalue weighted by molar-refractivity contribution is -0.152. The predicted molar refractivity (Wildman–Crippen MR) is 69.9 cm³/mol. The topological polar surface area (TPSA) is 81.4 Å². The smallest absolute Gasteiger partial charge is 0.311 e. The Kier molecular flexibility index (Phi) is 4.31. The Morgan fingerprint density at radius 2 is 2.06 bits per heavy atom. The molecule has 0 radical (unpaired) electrons. The number of nitrogens with two attached hydrogens (primary N) is 1. The lowest BCUT2D eigenvalue weighted by Gasteiger charge is -2.20. The molecule has 1 aromatic carbocycles. The number of ether oxygens (including phenoxy) is 1. The van der Waals surface area contributed by atoms with Crippen LogP contribution in [0.1, 0.15) is 20.3 Å². The van der Waals surface area contributed by atoms with Crippen molar-refractivity contribution in [3.05, 3.63) is 24.3 Å². The number of nitrogen functional groups attached to an aromatic ring is 1. The predicted octanol–water partition coefficient (Wildman–Crippen LogP) is 1.80. The summed E-state index contributed by atoms with van der Waals surface area (Å²) in [6.45, 7) is 3.33. The highest BCUT2D eigenvalue weighted by molar-refractivity contribution is 5.94. The first-order chi connectivity index (χ1) is 8.35. The highest BCUT2D eigenvalue weighted by atomic mass is 16.5. The van der Waals surface area contributed by atoms with Gasteiger partial charge in [-0.1, -0.05) is 6.07 Å². The molecule has 0 atom stereocenters. The molecule has 18 heavy (non-hydrogen) atoms. The molecule has 0 saturated carbocycles. The van der Waals surface area contributed by atoms with E-state index in [-0.39, 0.29) is 12.3 Å². The lowest BCUT2D eigenvalue weighted by atomic mass is 9.89. The molecule has 0 saturated heterocycles. The summed E-state index contributed by atoms with van der Waals surface area (Å²) >= 11 is 0. The summed E-state index contributed by atoms with van der Waals surface area (Å²) in [6.07, 6.45) is 0.0501. The first-order valence-electron chi connectivity index (χ1n) is 5.59. The van der Waals surface area contributed by atoms with Crippen molar-refractivity contribution < 1.29 is 14.3 Å². The molecule has 0 aliphatic carbocycles. The van der Waals surface area contributed by atoms with Crippen LogP contribution in [-0.2, 0) is 14.3 Å². The van der Waals surface area contributed by atoms with Crippen molar-refractivity contribution in [3.63, 3.8) is 0 Å². The van der Waals surface area contributed by atoms with Crippen molar-refractivity contribution in [2.24, 2.45) is 5.41 Å². The minimum absolute atomic E-state index is 0.0501. The van der Waals surface area contributed by atoms with Crippen LogP contribution in [-0.4, -0.2) is 19.0 Å². The maximum atomic E-state index is 11.8. The van der Waals surface area contributed by atoms with Crippen LogP contribution >= 0.6 is 0 Å². The Hall–Kier alpha value is -2.04. The van der Waals surface area contributed by atoms with Gasteiger partial charge in [0.05, 0.1) is 12.5 Å². The Balaban J connectivity index is 2.65. The molecule has 1 rings (SSSR count). The standard InChI is InChI=1S/C13H18N2O3/c1-13(2,12(17)18-3)8-11(16)15-10-6-4-5-9(14)7-10/h4-7H,8,14H2,1-3H3,(H,15,16). The molecule has 0 unspecified atom stereocenters. The summed E-state index contributed by atoms with van der Waals surface area (Å²) in [7, 11) is 1.31. The Bertz CT molecular complexity index is 455. The SMILES string of the molecule is COC(=O)C(C)(C)CC(=O)Nc1cccc(N)c1. The van der Waals surface area contributed by atoms with Gasteiger partial charge in [0.2, 0.25) is 5.91 Å². The second-order valence-electron chi connectivity index (χ2n) is 4.73. The van der Waals surface area contributed by atoms with Gasteiger partial charge in [-0.25, -0.2) is 0 Å². The summed E-state index contributed by atoms with van der Waals surface area (Å²) in [5, 5.41) is 2.69. The zero-order chi connectivity index (χ0) is 13.8. The van der Waals surface area contributed by atoms with Gasteiger partial charge in [-0.05, 0) is 32.0 Å². The van der Waals surface area contributed by atoms with E-state index in [0.717, 1.165) is 0 Å². The molecule has 3 N–H and O–H groups in total. The van der Waals surface area contributed by atoms with Gasteiger partial charge in [-0.2, -0.15) is 0 Å². The molecule has 0 fully saturated rings. The number of benzene rings is 1. The van der Waals surface area contributed by atoms with Crippen LogP contribution in [0.5, 0.6) is 0 Å². The number of rotatable bonds is 4. The van der Waals surface area contributed by atoms with E-state index in [9.17, 15) is 9.59 Å². The first-order valence-corrected chi connectivity index (χ1v) is 5.59. The van der Waals surface area contributed by atoms with E-state index in [1.165, 1.54) is 7.11 Å². The molecular formula is C13H18N2O3. The molecule has 5 nitrogen and oxygen atoms in total. The molecule has 0 heterocycles. The van der Waals surface area contributed by atoms with Crippen molar-refractivity contribution in [3.8, 4) is 0 Å². The van der Waals surface area contributed by atoms with E-state index >= 15 is 0 Å². The van der Waals surface area contributed by atoms with Gasteiger partial charge in [0.25, 0.3) is 0 Å². The third-order valence-electron chi connectivity index (χ3n) is 2.51. The Labute approximate surface area is 106 Å². The van der Waals surface area contributed by atoms with Crippen LogP contribution in [0.2, 0.25) is 0 Å². The van der Waals surface area contributed by atoms with Crippen molar-refractivity contribution in [1.29, 1.82) is 0 Å². The number of nitrogens with one attached hydrogen (secondary N) is 1. The van der Waals surface area contributed by atoms with Crippen molar-refractivity contribution in [2.45, 2.75) is 20.3 Å². The van der Waals surface area contributed by atoms with Crippen LogP contribution in [0.3, 0.4) is 0 Å². The molecule has 0 spiro atoms. The van der Waals surface area contributed by atoms with Crippen LogP contribution in [0, 0.1) is 5.41 Å². The number of methoxy groups -OCH3 is 1. The van der Waals surface area contributed by atoms with Crippen LogP contribution in [0.4, 0.5) is 11.4 Å². The molecule has 0 aromatic heterocycles. The van der Waals surface area contributed by atoms with Gasteiger partial charge in [0.15, 0.2) is 0 Å². The van der Waals surface area contributed by atoms with Crippen molar-refractivity contribution in [1.82, 2.24) is 0 Å². The summed E-state index contributed by atoms with van der Waals surface area (Å²) in [5.41, 5.74) is 5.94. The molecule has 0 aliphatic heterocycles. The Morgan fingerprint density at radius 3 is 2.61 bits per heavy atom. The average Bonchev–Trinajstić information content (AvgIpc) is 2.26. The maximum absolute atomic E-state index is 11.8. The summed E-state index contributed by atoms with van der Waals surface area (Å²) in [6, 6.07) is 6.87. The summed E-state index contributed by atoms with van der Waals surface area (Å²) in [4.78, 5) is 23.3. The van der Waals surface area contributed by atoms with Crippen LogP contribution < -0.4 is 11.1 Å². The number of carbonyl (C=O) groups is 2. The van der Waals surface area contributed by atoms with Gasteiger partial charge in [0, 0.05) is 17.8 Å². The average molecular weight is 250 g/mol. The molecule has 0 bridgehead atoms. The van der Waals surface area contributed by atoms with Crippen LogP contribution in [0.25, 0.3) is 0 Å². The summed E-state index contributed by atoms with van der Waals surface area (Å²) in [5.74, 6) is -0.666. The zero-order valence-electron chi connectivity index (χ0n) is 10.8. The van der Waals surface area contributed by atoms with E-state index in [4.69, 9.17) is 5.73 Å². The van der Waals surface area contributed by atoms with Crippen LogP contribution in [0.15, 0.2) is 24.3 Å². The summed E-state index contributed by atoms with van der Waals surface area (Å²) < 4.78 is 4.65. The fourth-order valence-corrected chi connectivity index (χ4v) is 1.57. The van der Waals surface area contributed by atoms with E-state index in [2.05, 4.69) is 10.1 Å². The van der Waals surface area contributed by atoms with Crippen molar-refractivity contribution >= 4 is 23.3 Å². The molecule has 5 heteroatoms. The van der Waals surface area contributed by atoms with Gasteiger partial charge >= 0.3 is 5.97 Å². The lowest BCUT2D eigenvalue weighted by Crippen LogP contribution is -2.30. The highest BCUT2D eigenvalue weighted by Gasteiger charge is 2.31. The fourth-order valence-electron chi connectivity index (χ4n) is 1.57. The minimum Gasteiger partial charge on any atom is -0.469 e. The highest BCUT2D eigenvalue weighted by Crippen LogP contribution is 2.23. The maximum Gasteiger partial charge on any atom is 0.311 e. The van der Waals surface area contributed by atoms with E-state index < -0.39 is 11.4 Å². The fraction of sp³-hybridized carbons (Fsp3) is 0.385. The third-order valence-corrected chi connectivity index (χ3v) is 2.51. The Morgan fingerprint density at radius 1 is 1.39 bits per heavy atom. The van der Waals surface area contributed by atoms with Gasteiger partial charge < -0.3 is 15.8 Å². The number of anilines is 2. The third kappa shape index (κ3) is 3.76. The quantitative estimate of drug-likeness (QED) is 0.630. The molecule has 98 valence electrons. The number of carbonyl (C=O) groups excluding carboxylic acids is 2. The monoisotopic (exact) mass is 250 g/mol. The van der Waals surface area contributed by atoms with E-state index in [1.807, 2.05) is 0 Å². The molecule has 1 amide bonds. The minimum atomic E-state index is -0.848. The normalized spacial score (nSPS) is 10.8. The van der Waals surface area contributed by atoms with Gasteiger partial charge in [-0.15, -0.1) is 0 Å². The molecule has 1 aromatic rings. The number of hydrogen-bond acceptors (Lipinski definition) is 4. The second-order valence-corrected chi connectivity index (χ2v) is 4.73. The number of amides is 1. The molecular weight excluding hydrogens is 232 g/mol. The largest absolute Gasteiger partial charge is 0.469 e. The number of esters is 1. The molecule has 0 aliphatic rings. The van der Waals surface area contributed by atoms with E-state index in [0.29, 0.717) is 11.4 Å². The van der Waals surface area contributed by atoms with Gasteiger partial charge in [-0.3, -0.25) is 9.59 Å².